The number of β-amino-alcohol motifs (C(OH)–C–C–N with tert-alkyl or cyclic N) is 1. The molecule has 1 saturated heterocycles. The smallest absolute Gasteiger partial charge is 0.247 e. The molecule has 1 fully saturated rings. The molecule has 5 heteroatoms. The highest BCUT2D eigenvalue weighted by Crippen LogP contribution is 2.22. The first-order chi connectivity index (χ1) is 9.86. The molecule has 1 aliphatic heterocycles. The second-order valence-corrected chi connectivity index (χ2v) is 5.93. The molecule has 3 atom stereocenters. The number of nitrogens with two attached hydrogens (primary N) is 1. The van der Waals surface area contributed by atoms with Gasteiger partial charge in [0.25, 0.3) is 0 Å². The highest BCUT2D eigenvalue weighted by atomic mass is 16.5. The van der Waals surface area contributed by atoms with E-state index in [9.17, 15) is 9.90 Å². The summed E-state index contributed by atoms with van der Waals surface area (Å²) in [5, 5.41) is 10.5. The zero-order valence-electron chi connectivity index (χ0n) is 12.9. The number of ether oxygens (including phenoxy) is 1. The number of carbonyl (C=O) groups excluding carboxylic acids is 1. The molecule has 0 aromatic heterocycles. The van der Waals surface area contributed by atoms with Gasteiger partial charge >= 0.3 is 0 Å². The first-order valence-corrected chi connectivity index (χ1v) is 7.29. The number of rotatable bonds is 4. The zero-order valence-corrected chi connectivity index (χ0v) is 12.9. The molecule has 116 valence electrons. The van der Waals surface area contributed by atoms with Crippen molar-refractivity contribution in [3.8, 4) is 0 Å². The van der Waals surface area contributed by atoms with Crippen LogP contribution in [0.25, 0.3) is 0 Å². The number of aliphatic hydroxyl groups excluding tert-OH is 1. The third-order valence-corrected chi connectivity index (χ3v) is 3.88. The van der Waals surface area contributed by atoms with Gasteiger partial charge in [0, 0.05) is 19.6 Å². The van der Waals surface area contributed by atoms with Gasteiger partial charge in [-0.2, -0.15) is 0 Å². The lowest BCUT2D eigenvalue weighted by molar-refractivity contribution is -0.143. The topological polar surface area (TPSA) is 75.8 Å². The van der Waals surface area contributed by atoms with Crippen LogP contribution in [0.1, 0.15) is 29.7 Å². The molecule has 0 radical (unpaired) electrons. The van der Waals surface area contributed by atoms with Gasteiger partial charge in [-0.05, 0) is 31.9 Å². The summed E-state index contributed by atoms with van der Waals surface area (Å²) in [6.07, 6.45) is -1.25. The maximum Gasteiger partial charge on any atom is 0.247 e. The Balaban J connectivity index is 2.06. The summed E-state index contributed by atoms with van der Waals surface area (Å²) in [4.78, 5) is 13.3. The monoisotopic (exact) mass is 292 g/mol. The van der Waals surface area contributed by atoms with E-state index in [4.69, 9.17) is 10.5 Å². The summed E-state index contributed by atoms with van der Waals surface area (Å²) in [6, 6.07) is 6.06. The Morgan fingerprint density at radius 1 is 1.48 bits per heavy atom. The average Bonchev–Trinajstić information content (AvgIpc) is 2.40. The van der Waals surface area contributed by atoms with Crippen LogP contribution in [0, 0.1) is 13.8 Å². The third-order valence-electron chi connectivity index (χ3n) is 3.88. The molecule has 2 rings (SSSR count). The Kier molecular flexibility index (Phi) is 4.98. The van der Waals surface area contributed by atoms with Crippen molar-refractivity contribution in [3.63, 3.8) is 0 Å². The van der Waals surface area contributed by atoms with E-state index < -0.39 is 18.1 Å². The van der Waals surface area contributed by atoms with Crippen molar-refractivity contribution in [1.82, 2.24) is 4.90 Å². The second kappa shape index (κ2) is 6.56. The minimum Gasteiger partial charge on any atom is -0.387 e. The van der Waals surface area contributed by atoms with Crippen molar-refractivity contribution >= 4 is 5.91 Å². The summed E-state index contributed by atoms with van der Waals surface area (Å²) in [7, 11) is 0. The number of amides is 1. The van der Waals surface area contributed by atoms with Gasteiger partial charge in [0.05, 0.1) is 12.2 Å². The molecule has 3 N–H and O–H groups in total. The first kappa shape index (κ1) is 15.9. The van der Waals surface area contributed by atoms with Gasteiger partial charge in [-0.25, -0.2) is 0 Å². The van der Waals surface area contributed by atoms with Crippen molar-refractivity contribution in [2.45, 2.75) is 39.1 Å². The van der Waals surface area contributed by atoms with Crippen LogP contribution in [-0.4, -0.2) is 47.8 Å². The fraction of sp³-hybridized carbons (Fsp3) is 0.562. The molecule has 0 bridgehead atoms. The molecule has 1 heterocycles. The summed E-state index contributed by atoms with van der Waals surface area (Å²) in [6.45, 7) is 7.50. The normalized spacial score (nSPS) is 24.8. The van der Waals surface area contributed by atoms with E-state index in [1.807, 2.05) is 43.9 Å². The lowest BCUT2D eigenvalue weighted by Gasteiger charge is -2.36. The lowest BCUT2D eigenvalue weighted by Crippen LogP contribution is -2.52. The van der Waals surface area contributed by atoms with Crippen molar-refractivity contribution in [2.75, 3.05) is 19.6 Å². The fourth-order valence-corrected chi connectivity index (χ4v) is 2.81. The number of aryl methyl sites for hydroxylation is 2. The quantitative estimate of drug-likeness (QED) is 0.865. The van der Waals surface area contributed by atoms with Crippen LogP contribution in [-0.2, 0) is 9.53 Å². The van der Waals surface area contributed by atoms with E-state index in [-0.39, 0.29) is 6.10 Å². The second-order valence-electron chi connectivity index (χ2n) is 5.93. The van der Waals surface area contributed by atoms with Gasteiger partial charge in [0.15, 0.2) is 0 Å². The van der Waals surface area contributed by atoms with E-state index in [1.165, 1.54) is 0 Å². The van der Waals surface area contributed by atoms with Crippen LogP contribution in [0.5, 0.6) is 0 Å². The molecule has 1 aromatic carbocycles. The molecule has 0 aliphatic carbocycles. The van der Waals surface area contributed by atoms with Crippen LogP contribution >= 0.6 is 0 Å². The predicted octanol–water partition coefficient (Wildman–Crippen LogP) is 0.911. The number of hydrogen-bond acceptors (Lipinski definition) is 4. The standard InChI is InChI=1S/C16H24N2O3/c1-10-4-5-11(2)13(6-10)14(19)8-18-7-12(3)21-15(9-18)16(17)20/h4-6,12,14-15,19H,7-9H2,1-3H3,(H2,17,20)/t12-,14-,15+/m1/s1. The lowest BCUT2D eigenvalue weighted by atomic mass is 10.00. The van der Waals surface area contributed by atoms with Crippen molar-refractivity contribution < 1.29 is 14.6 Å². The highest BCUT2D eigenvalue weighted by molar-refractivity contribution is 5.79. The molecule has 1 amide bonds. The van der Waals surface area contributed by atoms with Crippen LogP contribution in [0.2, 0.25) is 0 Å². The average molecular weight is 292 g/mol. The Bertz CT molecular complexity index is 518. The molecular weight excluding hydrogens is 268 g/mol. The van der Waals surface area contributed by atoms with E-state index in [0.29, 0.717) is 19.6 Å². The predicted molar refractivity (Wildman–Crippen MR) is 80.8 cm³/mol. The number of benzene rings is 1. The Labute approximate surface area is 125 Å². The minimum absolute atomic E-state index is 0.0675. The summed E-state index contributed by atoms with van der Waals surface area (Å²) < 4.78 is 5.51. The molecule has 0 unspecified atom stereocenters. The summed E-state index contributed by atoms with van der Waals surface area (Å²) in [5.74, 6) is -0.451. The molecule has 5 nitrogen and oxygen atoms in total. The number of primary amides is 1. The molecule has 0 spiro atoms. The number of carbonyl (C=O) groups is 1. The molecule has 21 heavy (non-hydrogen) atoms. The molecular formula is C16H24N2O3. The van der Waals surface area contributed by atoms with E-state index in [1.54, 1.807) is 0 Å². The van der Waals surface area contributed by atoms with E-state index in [2.05, 4.69) is 0 Å². The fourth-order valence-electron chi connectivity index (χ4n) is 2.81. The van der Waals surface area contributed by atoms with Crippen LogP contribution in [0.4, 0.5) is 0 Å². The van der Waals surface area contributed by atoms with Crippen molar-refractivity contribution in [1.29, 1.82) is 0 Å². The first-order valence-electron chi connectivity index (χ1n) is 7.29. The highest BCUT2D eigenvalue weighted by Gasteiger charge is 2.30. The van der Waals surface area contributed by atoms with Gasteiger partial charge in [-0.3, -0.25) is 9.69 Å². The third kappa shape index (κ3) is 4.03. The summed E-state index contributed by atoms with van der Waals surface area (Å²) in [5.41, 5.74) is 8.45. The number of hydrogen-bond donors (Lipinski definition) is 2. The molecule has 0 saturated carbocycles. The summed E-state index contributed by atoms with van der Waals surface area (Å²) >= 11 is 0. The zero-order chi connectivity index (χ0) is 15.6. The Morgan fingerprint density at radius 3 is 2.86 bits per heavy atom. The van der Waals surface area contributed by atoms with Gasteiger partial charge in [0.1, 0.15) is 6.10 Å². The maximum absolute atomic E-state index is 11.3. The van der Waals surface area contributed by atoms with Gasteiger partial charge < -0.3 is 15.6 Å². The van der Waals surface area contributed by atoms with Crippen LogP contribution in [0.3, 0.4) is 0 Å². The number of morpholine rings is 1. The maximum atomic E-state index is 11.3. The van der Waals surface area contributed by atoms with E-state index in [0.717, 1.165) is 16.7 Å². The Morgan fingerprint density at radius 2 is 2.19 bits per heavy atom. The number of nitrogens with zero attached hydrogens (tertiary/aromatic N) is 1. The number of aliphatic hydroxyl groups is 1. The van der Waals surface area contributed by atoms with Crippen LogP contribution in [0.15, 0.2) is 18.2 Å². The van der Waals surface area contributed by atoms with Gasteiger partial charge in [-0.1, -0.05) is 23.8 Å². The minimum atomic E-state index is -0.598. The largest absolute Gasteiger partial charge is 0.387 e. The van der Waals surface area contributed by atoms with Gasteiger partial charge in [0.2, 0.25) is 5.91 Å². The molecule has 1 aliphatic rings. The molecule has 1 aromatic rings. The van der Waals surface area contributed by atoms with Gasteiger partial charge in [-0.15, -0.1) is 0 Å². The van der Waals surface area contributed by atoms with E-state index >= 15 is 0 Å². The Hall–Kier alpha value is -1.43. The van der Waals surface area contributed by atoms with Crippen molar-refractivity contribution in [3.05, 3.63) is 34.9 Å². The van der Waals surface area contributed by atoms with Crippen LogP contribution < -0.4 is 5.73 Å². The van der Waals surface area contributed by atoms with Crippen molar-refractivity contribution in [2.24, 2.45) is 5.73 Å². The SMILES string of the molecule is Cc1ccc(C)c([C@H](O)CN2C[C@@H](C)O[C@H](C(N)=O)C2)c1.